The summed E-state index contributed by atoms with van der Waals surface area (Å²) in [6, 6.07) is 7.07. The predicted molar refractivity (Wildman–Crippen MR) is 107 cm³/mol. The second kappa shape index (κ2) is 10.6. The maximum Gasteiger partial charge on any atom is 0.225 e. The van der Waals surface area contributed by atoms with Gasteiger partial charge < -0.3 is 19.9 Å². The van der Waals surface area contributed by atoms with Crippen LogP contribution in [0.3, 0.4) is 0 Å². The number of nitrogens with one attached hydrogen (secondary N) is 1. The van der Waals surface area contributed by atoms with Gasteiger partial charge in [0, 0.05) is 31.6 Å². The molecule has 1 aromatic rings. The van der Waals surface area contributed by atoms with Crippen molar-refractivity contribution in [1.82, 2.24) is 15.1 Å². The van der Waals surface area contributed by atoms with Gasteiger partial charge in [-0.05, 0) is 45.1 Å². The Labute approximate surface area is 166 Å². The van der Waals surface area contributed by atoms with E-state index in [-0.39, 0.29) is 23.8 Å². The van der Waals surface area contributed by atoms with E-state index < -0.39 is 0 Å². The highest BCUT2D eigenvalue weighted by atomic mass is 35.5. The molecule has 2 amide bonds. The lowest BCUT2D eigenvalue weighted by atomic mass is 9.83. The fourth-order valence-corrected chi connectivity index (χ4v) is 3.77. The van der Waals surface area contributed by atoms with Crippen LogP contribution >= 0.6 is 11.6 Å². The van der Waals surface area contributed by atoms with Gasteiger partial charge in [-0.2, -0.15) is 0 Å². The number of benzene rings is 1. The Balaban J connectivity index is 2.21. The molecule has 6 nitrogen and oxygen atoms in total. The number of piperidine rings is 1. The lowest BCUT2D eigenvalue weighted by Gasteiger charge is -2.41. The molecule has 0 aliphatic carbocycles. The number of carbonyl (C=O) groups excluding carboxylic acids is 2. The van der Waals surface area contributed by atoms with Gasteiger partial charge in [-0.15, -0.1) is 0 Å². The maximum atomic E-state index is 12.9. The summed E-state index contributed by atoms with van der Waals surface area (Å²) < 4.78 is 5.17. The molecule has 1 fully saturated rings. The Morgan fingerprint density at radius 3 is 2.78 bits per heavy atom. The van der Waals surface area contributed by atoms with Crippen molar-refractivity contribution in [3.05, 3.63) is 34.9 Å². The Morgan fingerprint density at radius 2 is 2.11 bits per heavy atom. The van der Waals surface area contributed by atoms with Crippen LogP contribution in [0.1, 0.15) is 30.9 Å². The topological polar surface area (TPSA) is 61.9 Å². The van der Waals surface area contributed by atoms with Gasteiger partial charge in [0.2, 0.25) is 11.8 Å². The Kier molecular flexibility index (Phi) is 8.54. The van der Waals surface area contributed by atoms with Gasteiger partial charge in [-0.3, -0.25) is 9.59 Å². The second-order valence-electron chi connectivity index (χ2n) is 7.14. The van der Waals surface area contributed by atoms with Gasteiger partial charge in [0.1, 0.15) is 0 Å². The summed E-state index contributed by atoms with van der Waals surface area (Å²) in [7, 11) is 5.62. The molecule has 0 saturated carbocycles. The van der Waals surface area contributed by atoms with Crippen LogP contribution in [-0.2, 0) is 14.3 Å². The first-order valence-electron chi connectivity index (χ1n) is 9.41. The summed E-state index contributed by atoms with van der Waals surface area (Å²) in [5.74, 6) is -0.305. The van der Waals surface area contributed by atoms with Crippen molar-refractivity contribution in [2.24, 2.45) is 5.92 Å². The number of methoxy groups -OCH3 is 1. The lowest BCUT2D eigenvalue weighted by Crippen LogP contribution is -2.49. The minimum atomic E-state index is -0.371. The third-order valence-electron chi connectivity index (χ3n) is 4.88. The fourth-order valence-electron chi connectivity index (χ4n) is 3.52. The number of carbonyl (C=O) groups is 2. The molecule has 0 bridgehead atoms. The summed E-state index contributed by atoms with van der Waals surface area (Å²) in [6.07, 6.45) is 1.77. The van der Waals surface area contributed by atoms with Crippen LogP contribution in [0.2, 0.25) is 5.02 Å². The molecule has 1 aliphatic rings. The smallest absolute Gasteiger partial charge is 0.225 e. The SMILES string of the molecule is COCCN1C(=O)CC[C@@H](C(=O)NCCCN(C)C)[C@@H]1c1ccccc1Cl. The quantitative estimate of drug-likeness (QED) is 0.652. The van der Waals surface area contributed by atoms with Gasteiger partial charge in [0.15, 0.2) is 0 Å². The second-order valence-corrected chi connectivity index (χ2v) is 7.55. The molecule has 1 aliphatic heterocycles. The van der Waals surface area contributed by atoms with Crippen molar-refractivity contribution >= 4 is 23.4 Å². The van der Waals surface area contributed by atoms with Gasteiger partial charge in [-0.25, -0.2) is 0 Å². The van der Waals surface area contributed by atoms with Crippen LogP contribution in [0.25, 0.3) is 0 Å². The number of ether oxygens (including phenoxy) is 1. The van der Waals surface area contributed by atoms with E-state index in [0.29, 0.717) is 37.6 Å². The van der Waals surface area contributed by atoms with E-state index in [2.05, 4.69) is 10.2 Å². The van der Waals surface area contributed by atoms with E-state index in [1.165, 1.54) is 0 Å². The first-order chi connectivity index (χ1) is 13.0. The minimum absolute atomic E-state index is 0.0198. The zero-order valence-corrected chi connectivity index (χ0v) is 17.2. The van der Waals surface area contributed by atoms with Gasteiger partial charge >= 0.3 is 0 Å². The molecular weight excluding hydrogens is 366 g/mol. The average Bonchev–Trinajstić information content (AvgIpc) is 2.64. The van der Waals surface area contributed by atoms with Crippen LogP contribution < -0.4 is 5.32 Å². The van der Waals surface area contributed by atoms with Crippen molar-refractivity contribution < 1.29 is 14.3 Å². The van der Waals surface area contributed by atoms with Crippen LogP contribution in [-0.4, -0.2) is 69.1 Å². The van der Waals surface area contributed by atoms with Crippen molar-refractivity contribution in [1.29, 1.82) is 0 Å². The first-order valence-corrected chi connectivity index (χ1v) is 9.78. The normalized spacial score (nSPS) is 20.2. The van der Waals surface area contributed by atoms with E-state index in [0.717, 1.165) is 18.5 Å². The van der Waals surface area contributed by atoms with Crippen LogP contribution in [0.5, 0.6) is 0 Å². The van der Waals surface area contributed by atoms with Gasteiger partial charge in [-0.1, -0.05) is 29.8 Å². The molecule has 7 heteroatoms. The van der Waals surface area contributed by atoms with Crippen LogP contribution in [0.4, 0.5) is 0 Å². The van der Waals surface area contributed by atoms with Crippen molar-refractivity contribution in [3.8, 4) is 0 Å². The molecule has 2 atom stereocenters. The summed E-state index contributed by atoms with van der Waals surface area (Å²) >= 11 is 6.43. The highest BCUT2D eigenvalue weighted by Gasteiger charge is 2.41. The van der Waals surface area contributed by atoms with Crippen molar-refractivity contribution in [3.63, 3.8) is 0 Å². The monoisotopic (exact) mass is 395 g/mol. The molecular formula is C20H30ClN3O3. The van der Waals surface area contributed by atoms with E-state index >= 15 is 0 Å². The molecule has 0 unspecified atom stereocenters. The zero-order valence-electron chi connectivity index (χ0n) is 16.4. The molecule has 0 radical (unpaired) electrons. The number of nitrogens with zero attached hydrogens (tertiary/aromatic N) is 2. The fraction of sp³-hybridized carbons (Fsp3) is 0.600. The van der Waals surface area contributed by atoms with Crippen LogP contribution in [0.15, 0.2) is 24.3 Å². The molecule has 1 heterocycles. The molecule has 0 aromatic heterocycles. The number of hydrogen-bond acceptors (Lipinski definition) is 4. The molecule has 2 rings (SSSR count). The number of likely N-dealkylation sites (tertiary alicyclic amines) is 1. The van der Waals surface area contributed by atoms with Gasteiger partial charge in [0.25, 0.3) is 0 Å². The Bertz CT molecular complexity index is 639. The summed E-state index contributed by atoms with van der Waals surface area (Å²) in [5.41, 5.74) is 0.816. The third-order valence-corrected chi connectivity index (χ3v) is 5.23. The number of rotatable bonds is 9. The van der Waals surface area contributed by atoms with E-state index in [1.807, 2.05) is 32.3 Å². The number of amides is 2. The molecule has 150 valence electrons. The molecule has 1 N–H and O–H groups in total. The van der Waals surface area contributed by atoms with Crippen molar-refractivity contribution in [2.75, 3.05) is 47.4 Å². The van der Waals surface area contributed by atoms with Crippen LogP contribution in [0, 0.1) is 5.92 Å². The maximum absolute atomic E-state index is 12.9. The highest BCUT2D eigenvalue weighted by Crippen LogP contribution is 2.39. The average molecular weight is 396 g/mol. The summed E-state index contributed by atoms with van der Waals surface area (Å²) in [5, 5.41) is 3.61. The third kappa shape index (κ3) is 5.92. The minimum Gasteiger partial charge on any atom is -0.383 e. The van der Waals surface area contributed by atoms with Crippen molar-refractivity contribution in [2.45, 2.75) is 25.3 Å². The molecule has 0 spiro atoms. The number of halogens is 1. The summed E-state index contributed by atoms with van der Waals surface area (Å²) in [4.78, 5) is 29.4. The predicted octanol–water partition coefficient (Wildman–Crippen LogP) is 2.33. The number of hydrogen-bond donors (Lipinski definition) is 1. The highest BCUT2D eigenvalue weighted by molar-refractivity contribution is 6.31. The molecule has 27 heavy (non-hydrogen) atoms. The standard InChI is InChI=1S/C20H30ClN3O3/c1-23(2)12-6-11-22-20(26)16-9-10-18(25)24(13-14-27-3)19(16)15-7-4-5-8-17(15)21/h4-5,7-8,16,19H,6,9-14H2,1-3H3,(H,22,26)/t16-,19+/m1/s1. The Hall–Kier alpha value is -1.63. The molecule has 1 aromatic carbocycles. The zero-order chi connectivity index (χ0) is 19.8. The first kappa shape index (κ1) is 21.7. The lowest BCUT2D eigenvalue weighted by molar-refractivity contribution is -0.144. The Morgan fingerprint density at radius 1 is 1.37 bits per heavy atom. The van der Waals surface area contributed by atoms with E-state index in [9.17, 15) is 9.59 Å². The van der Waals surface area contributed by atoms with E-state index in [1.54, 1.807) is 18.1 Å². The van der Waals surface area contributed by atoms with Gasteiger partial charge in [0.05, 0.1) is 18.6 Å². The van der Waals surface area contributed by atoms with E-state index in [4.69, 9.17) is 16.3 Å². The summed E-state index contributed by atoms with van der Waals surface area (Å²) in [6.45, 7) is 2.39. The molecule has 1 saturated heterocycles. The largest absolute Gasteiger partial charge is 0.383 e.